The minimum Gasteiger partial charge on any atom is -0.508 e. The van der Waals surface area contributed by atoms with Crippen LogP contribution >= 0.6 is 0 Å². The first-order chi connectivity index (χ1) is 18.4. The van der Waals surface area contributed by atoms with Gasteiger partial charge in [-0.3, -0.25) is 19.2 Å². The lowest BCUT2D eigenvalue weighted by Gasteiger charge is -2.48. The first-order valence-electron chi connectivity index (χ1n) is 12.8. The highest BCUT2D eigenvalue weighted by Gasteiger charge is 2.63. The van der Waals surface area contributed by atoms with Gasteiger partial charge in [0.1, 0.15) is 22.8 Å². The summed E-state index contributed by atoms with van der Waals surface area (Å²) in [5.41, 5.74) is 7.73. The zero-order valence-corrected chi connectivity index (χ0v) is 23.0. The second-order valence-corrected chi connectivity index (χ2v) is 11.8. The number of fused-ring (bicyclic) bond motifs is 3. The summed E-state index contributed by atoms with van der Waals surface area (Å²) in [6.45, 7) is 5.59. The second-order valence-electron chi connectivity index (χ2n) is 11.8. The fourth-order valence-corrected chi connectivity index (χ4v) is 5.80. The third-order valence-corrected chi connectivity index (χ3v) is 7.76. The van der Waals surface area contributed by atoms with Gasteiger partial charge in [-0.15, -0.1) is 0 Å². The Morgan fingerprint density at radius 1 is 1.18 bits per heavy atom. The predicted octanol–water partition coefficient (Wildman–Crippen LogP) is -0.246. The molecule has 1 fully saturated rings. The molecule has 0 radical (unpaired) electrons. The largest absolute Gasteiger partial charge is 0.508 e. The van der Waals surface area contributed by atoms with E-state index >= 15 is 0 Å². The Bertz CT molecular complexity index is 1410. The molecule has 216 valence electrons. The highest BCUT2D eigenvalue weighted by molar-refractivity contribution is 6.24. The number of aliphatic hydroxyl groups excluding tert-OH is 2. The topological polar surface area (TPSA) is 229 Å². The molecule has 40 heavy (non-hydrogen) atoms. The third-order valence-electron chi connectivity index (χ3n) is 7.76. The zero-order chi connectivity index (χ0) is 30.1. The van der Waals surface area contributed by atoms with Crippen molar-refractivity contribution in [2.45, 2.75) is 50.8 Å². The number of hydrogen-bond acceptors (Lipinski definition) is 11. The van der Waals surface area contributed by atoms with Crippen LogP contribution in [0.25, 0.3) is 5.76 Å². The summed E-state index contributed by atoms with van der Waals surface area (Å²) >= 11 is 0. The van der Waals surface area contributed by atoms with Crippen molar-refractivity contribution in [2.75, 3.05) is 30.9 Å². The molecule has 0 bridgehead atoms. The van der Waals surface area contributed by atoms with Crippen LogP contribution in [0.3, 0.4) is 0 Å². The minimum absolute atomic E-state index is 0.0161. The monoisotopic (exact) mass is 557 g/mol. The second kappa shape index (κ2) is 9.61. The summed E-state index contributed by atoms with van der Waals surface area (Å²) in [6, 6.07) is 0.0323. The van der Waals surface area contributed by atoms with E-state index in [0.717, 1.165) is 0 Å². The van der Waals surface area contributed by atoms with Gasteiger partial charge in [-0.05, 0) is 51.2 Å². The van der Waals surface area contributed by atoms with Crippen LogP contribution in [-0.2, 0) is 25.6 Å². The number of ketones is 2. The first-order valence-corrected chi connectivity index (χ1v) is 12.8. The van der Waals surface area contributed by atoms with Gasteiger partial charge in [-0.1, -0.05) is 0 Å². The van der Waals surface area contributed by atoms with Crippen molar-refractivity contribution in [1.29, 1.82) is 0 Å². The quantitative estimate of drug-likeness (QED) is 0.174. The lowest BCUT2D eigenvalue weighted by Crippen LogP contribution is -2.65. The number of carbonyl (C=O) groups is 4. The average Bonchev–Trinajstić information content (AvgIpc) is 2.84. The number of phenolic OH excluding ortho intramolecular Hbond substituents is 1. The minimum atomic E-state index is -2.79. The maximum Gasteiger partial charge on any atom is 0.255 e. The number of aliphatic hydroxyl groups is 3. The smallest absolute Gasteiger partial charge is 0.255 e. The summed E-state index contributed by atoms with van der Waals surface area (Å²) in [7, 11) is 3.45. The standard InChI is InChI=1S/C27H35N5O8/c1-26(2,3)30-9-15(33)31-13-8-14(32(4)5)11-6-10-7-12-19(28)22(36)18(25(29)39)24(38)27(12,40)23(37)16(10)21(35)17(11)20(13)34/h8,10,12,19,30,34-35,38,40H,6-7,9,28H2,1-5H3,(H2,29,39)(H,31,33)/t10-,12-,19-,27-/m0/s1. The van der Waals surface area contributed by atoms with Crippen molar-refractivity contribution in [2.24, 2.45) is 23.3 Å². The van der Waals surface area contributed by atoms with E-state index in [9.17, 15) is 39.6 Å². The van der Waals surface area contributed by atoms with Crippen LogP contribution in [0.5, 0.6) is 5.75 Å². The number of carbonyl (C=O) groups excluding carboxylic acids is 4. The molecule has 4 atom stereocenters. The number of primary amides is 1. The molecule has 1 aromatic carbocycles. The van der Waals surface area contributed by atoms with Crippen LogP contribution in [0, 0.1) is 11.8 Å². The van der Waals surface area contributed by atoms with Gasteiger partial charge in [-0.25, -0.2) is 0 Å². The lowest BCUT2D eigenvalue weighted by atomic mass is 9.58. The maximum absolute atomic E-state index is 13.8. The van der Waals surface area contributed by atoms with E-state index in [1.807, 2.05) is 20.8 Å². The number of hydrogen-bond donors (Lipinski definition) is 8. The van der Waals surface area contributed by atoms with Gasteiger partial charge in [0.05, 0.1) is 23.8 Å². The van der Waals surface area contributed by atoms with Crippen molar-refractivity contribution in [3.63, 3.8) is 0 Å². The van der Waals surface area contributed by atoms with Crippen molar-refractivity contribution < 1.29 is 39.6 Å². The first kappa shape index (κ1) is 29.1. The molecule has 4 rings (SSSR count). The van der Waals surface area contributed by atoms with Crippen molar-refractivity contribution >= 4 is 40.5 Å². The number of nitrogens with two attached hydrogens (primary N) is 2. The van der Waals surface area contributed by atoms with Crippen molar-refractivity contribution in [3.8, 4) is 5.75 Å². The molecule has 0 unspecified atom stereocenters. The van der Waals surface area contributed by atoms with E-state index in [4.69, 9.17) is 11.5 Å². The van der Waals surface area contributed by atoms with Gasteiger partial charge in [0.15, 0.2) is 11.4 Å². The Kier molecular flexibility index (Phi) is 6.98. The Morgan fingerprint density at radius 2 is 1.80 bits per heavy atom. The zero-order valence-electron chi connectivity index (χ0n) is 23.0. The number of nitrogens with zero attached hydrogens (tertiary/aromatic N) is 1. The van der Waals surface area contributed by atoms with Gasteiger partial charge in [0.2, 0.25) is 11.7 Å². The molecule has 0 heterocycles. The summed E-state index contributed by atoms with van der Waals surface area (Å²) in [5, 5.41) is 50.5. The maximum atomic E-state index is 13.8. The lowest BCUT2D eigenvalue weighted by molar-refractivity contribution is -0.149. The normalized spacial score (nSPS) is 26.2. The number of anilines is 2. The SMILES string of the molecule is CN(C)c1cc(NC(=O)CNC(C)(C)C)c(O)c2c1C[C@H]1C[C@H]3[C@H](N)C(=O)C(C(N)=O)=C(O)[C@@]3(O)C(=O)C1=C2O. The Balaban J connectivity index is 1.87. The number of rotatable bonds is 5. The van der Waals surface area contributed by atoms with E-state index in [1.54, 1.807) is 25.1 Å². The third kappa shape index (κ3) is 4.39. The number of benzene rings is 1. The van der Waals surface area contributed by atoms with E-state index in [1.165, 1.54) is 0 Å². The molecule has 0 aliphatic heterocycles. The van der Waals surface area contributed by atoms with Gasteiger partial charge >= 0.3 is 0 Å². The Morgan fingerprint density at radius 3 is 2.35 bits per heavy atom. The van der Waals surface area contributed by atoms with Gasteiger partial charge in [0.25, 0.3) is 5.91 Å². The molecule has 0 aromatic heterocycles. The van der Waals surface area contributed by atoms with E-state index in [-0.39, 0.29) is 41.7 Å². The van der Waals surface area contributed by atoms with Gasteiger partial charge in [-0.2, -0.15) is 0 Å². The Hall–Kier alpha value is -3.94. The molecule has 3 aliphatic rings. The van der Waals surface area contributed by atoms with E-state index in [2.05, 4.69) is 10.6 Å². The summed E-state index contributed by atoms with van der Waals surface area (Å²) in [5.74, 6) is -8.39. The molecule has 13 heteroatoms. The van der Waals surface area contributed by atoms with Gasteiger partial charge < -0.3 is 47.4 Å². The van der Waals surface area contributed by atoms with Crippen molar-refractivity contribution in [1.82, 2.24) is 5.32 Å². The molecule has 0 spiro atoms. The van der Waals surface area contributed by atoms with Crippen LogP contribution in [0.1, 0.15) is 38.3 Å². The van der Waals surface area contributed by atoms with Crippen LogP contribution < -0.4 is 27.0 Å². The fourth-order valence-electron chi connectivity index (χ4n) is 5.80. The highest BCUT2D eigenvalue weighted by Crippen LogP contribution is 2.53. The molecule has 1 saturated carbocycles. The number of nitrogens with one attached hydrogen (secondary N) is 2. The number of aromatic hydroxyl groups is 1. The van der Waals surface area contributed by atoms with Gasteiger partial charge in [0, 0.05) is 36.8 Å². The van der Waals surface area contributed by atoms with Crippen molar-refractivity contribution in [3.05, 3.63) is 34.1 Å². The Labute approximate surface area is 230 Å². The molecule has 0 saturated heterocycles. The highest BCUT2D eigenvalue weighted by atomic mass is 16.3. The summed E-state index contributed by atoms with van der Waals surface area (Å²) in [4.78, 5) is 52.7. The molecule has 13 nitrogen and oxygen atoms in total. The average molecular weight is 558 g/mol. The predicted molar refractivity (Wildman–Crippen MR) is 145 cm³/mol. The van der Waals surface area contributed by atoms with E-state index in [0.29, 0.717) is 11.3 Å². The number of Topliss-reactive ketones (excluding diaryl/α,β-unsaturated/α-hetero) is 2. The molecule has 10 N–H and O–H groups in total. The molecule has 2 amide bonds. The summed E-state index contributed by atoms with van der Waals surface area (Å²) in [6.07, 6.45) is -0.00331. The van der Waals surface area contributed by atoms with Crippen LogP contribution in [0.2, 0.25) is 0 Å². The number of amides is 2. The molecule has 3 aliphatic carbocycles. The van der Waals surface area contributed by atoms with E-state index < -0.39 is 69.7 Å². The fraction of sp³-hybridized carbons (Fsp3) is 0.481. The molecular weight excluding hydrogens is 522 g/mol. The van der Waals surface area contributed by atoms with Crippen LogP contribution in [0.4, 0.5) is 11.4 Å². The number of phenols is 1. The van der Waals surface area contributed by atoms with Crippen LogP contribution in [-0.4, -0.2) is 81.6 Å². The molecular formula is C27H35N5O8. The molecule has 1 aromatic rings. The summed E-state index contributed by atoms with van der Waals surface area (Å²) < 4.78 is 0. The van der Waals surface area contributed by atoms with Crippen LogP contribution in [0.15, 0.2) is 23.0 Å².